The minimum Gasteiger partial charge on any atom is -0.493 e. The van der Waals surface area contributed by atoms with Crippen molar-refractivity contribution in [2.45, 2.75) is 0 Å². The maximum Gasteiger partial charge on any atom is 0.339 e. The molecule has 10 heteroatoms. The Bertz CT molecular complexity index is 1120. The van der Waals surface area contributed by atoms with Gasteiger partial charge < -0.3 is 15.2 Å². The number of hydrogen-bond acceptors (Lipinski definition) is 4. The van der Waals surface area contributed by atoms with Crippen LogP contribution in [0.25, 0.3) is 10.4 Å². The van der Waals surface area contributed by atoms with Gasteiger partial charge in [-0.25, -0.2) is 13.6 Å². The van der Waals surface area contributed by atoms with E-state index < -0.39 is 40.6 Å². The van der Waals surface area contributed by atoms with Gasteiger partial charge in [-0.1, -0.05) is 28.1 Å². The number of carbonyl (C=O) groups excluding carboxylic acids is 1. The smallest absolute Gasteiger partial charge is 0.339 e. The molecular weight excluding hydrogens is 475 g/mol. The second-order valence-corrected chi connectivity index (χ2v) is 7.48. The van der Waals surface area contributed by atoms with E-state index in [2.05, 4.69) is 26.0 Å². The number of methoxy groups -OCH3 is 1. The Balaban J connectivity index is 2.01. The topological polar surface area (TPSA) is 75.6 Å². The fourth-order valence-electron chi connectivity index (χ4n) is 2.59. The third-order valence-corrected chi connectivity index (χ3v) is 5.49. The van der Waals surface area contributed by atoms with E-state index in [4.69, 9.17) is 0 Å². The summed E-state index contributed by atoms with van der Waals surface area (Å²) in [5.41, 5.74) is -1.03. The number of anilines is 1. The predicted octanol–water partition coefficient (Wildman–Crippen LogP) is 5.55. The molecule has 0 spiro atoms. The van der Waals surface area contributed by atoms with E-state index >= 15 is 0 Å². The number of benzene rings is 2. The molecule has 0 aliphatic rings. The summed E-state index contributed by atoms with van der Waals surface area (Å²) < 4.78 is 47.4. The summed E-state index contributed by atoms with van der Waals surface area (Å²) in [5.74, 6) is -7.99. The first-order valence-corrected chi connectivity index (χ1v) is 9.55. The number of carboxylic acid groups (broad SMARTS) is 1. The monoisotopic (exact) mass is 485 g/mol. The molecular formula is C19H11BrF3NO4S. The lowest BCUT2D eigenvalue weighted by atomic mass is 10.1. The van der Waals surface area contributed by atoms with E-state index in [9.17, 15) is 27.9 Å². The van der Waals surface area contributed by atoms with E-state index in [1.54, 1.807) is 24.3 Å². The van der Waals surface area contributed by atoms with Gasteiger partial charge in [0.2, 0.25) is 5.82 Å². The molecule has 150 valence electrons. The first-order valence-electron chi connectivity index (χ1n) is 7.88. The molecule has 0 aliphatic carbocycles. The van der Waals surface area contributed by atoms with Gasteiger partial charge in [0.05, 0.1) is 17.7 Å². The highest BCUT2D eigenvalue weighted by atomic mass is 79.9. The van der Waals surface area contributed by atoms with Crippen molar-refractivity contribution in [3.63, 3.8) is 0 Å². The van der Waals surface area contributed by atoms with Gasteiger partial charge >= 0.3 is 5.97 Å². The number of amides is 1. The van der Waals surface area contributed by atoms with Crippen molar-refractivity contribution in [1.82, 2.24) is 0 Å². The third kappa shape index (κ3) is 3.99. The molecule has 0 atom stereocenters. The van der Waals surface area contributed by atoms with Crippen LogP contribution in [0.3, 0.4) is 0 Å². The summed E-state index contributed by atoms with van der Waals surface area (Å²) in [7, 11) is 1.02. The van der Waals surface area contributed by atoms with E-state index in [-0.39, 0.29) is 11.3 Å². The molecule has 0 unspecified atom stereocenters. The molecule has 29 heavy (non-hydrogen) atoms. The molecule has 3 aromatic rings. The second-order valence-electron chi connectivity index (χ2n) is 5.68. The number of ether oxygens (including phenoxy) is 1. The fourth-order valence-corrected chi connectivity index (χ4v) is 3.85. The van der Waals surface area contributed by atoms with Gasteiger partial charge in [0.1, 0.15) is 16.9 Å². The highest BCUT2D eigenvalue weighted by Gasteiger charge is 2.27. The highest BCUT2D eigenvalue weighted by Crippen LogP contribution is 2.37. The minimum absolute atomic E-state index is 0.166. The van der Waals surface area contributed by atoms with Crippen LogP contribution in [0, 0.1) is 17.5 Å². The van der Waals surface area contributed by atoms with Crippen LogP contribution in [-0.4, -0.2) is 24.1 Å². The molecule has 1 aromatic heterocycles. The zero-order valence-corrected chi connectivity index (χ0v) is 17.0. The van der Waals surface area contributed by atoms with Gasteiger partial charge in [-0.05, 0) is 17.7 Å². The van der Waals surface area contributed by atoms with E-state index in [0.717, 1.165) is 22.9 Å². The molecule has 5 nitrogen and oxygen atoms in total. The van der Waals surface area contributed by atoms with Crippen LogP contribution in [0.1, 0.15) is 20.7 Å². The number of carbonyl (C=O) groups is 2. The molecule has 0 saturated heterocycles. The van der Waals surface area contributed by atoms with E-state index in [0.29, 0.717) is 16.5 Å². The van der Waals surface area contributed by atoms with Crippen LogP contribution < -0.4 is 10.1 Å². The Morgan fingerprint density at radius 3 is 2.34 bits per heavy atom. The number of thiophene rings is 1. The first kappa shape index (κ1) is 20.9. The summed E-state index contributed by atoms with van der Waals surface area (Å²) in [5, 5.41) is 13.1. The zero-order valence-electron chi connectivity index (χ0n) is 14.6. The van der Waals surface area contributed by atoms with Gasteiger partial charge in [0, 0.05) is 15.9 Å². The average molecular weight is 486 g/mol. The summed E-state index contributed by atoms with van der Waals surface area (Å²) in [6.45, 7) is 0. The van der Waals surface area contributed by atoms with Crippen LogP contribution in [0.5, 0.6) is 5.75 Å². The standard InChI is InChI=1S/C19H11BrF3NO4S/c1-28-12-6-10(21)13(16(23)15(12)22)18(25)24-11-7-29-17(14(11)19(26)27)8-2-4-9(20)5-3-8/h2-7H,1H3,(H,24,25)(H,26,27). The van der Waals surface area contributed by atoms with Crippen molar-refractivity contribution >= 4 is 44.8 Å². The molecule has 0 fully saturated rings. The van der Waals surface area contributed by atoms with Crippen LogP contribution in [-0.2, 0) is 0 Å². The Hall–Kier alpha value is -2.85. The summed E-state index contributed by atoms with van der Waals surface area (Å²) in [6.07, 6.45) is 0. The van der Waals surface area contributed by atoms with Crippen LogP contribution in [0.2, 0.25) is 0 Å². The second kappa shape index (κ2) is 8.26. The molecule has 2 aromatic carbocycles. The number of carboxylic acids is 1. The molecule has 0 bridgehead atoms. The largest absolute Gasteiger partial charge is 0.493 e. The van der Waals surface area contributed by atoms with Crippen LogP contribution >= 0.6 is 27.3 Å². The first-order chi connectivity index (χ1) is 13.7. The van der Waals surface area contributed by atoms with Crippen molar-refractivity contribution in [3.8, 4) is 16.2 Å². The summed E-state index contributed by atoms with van der Waals surface area (Å²) in [4.78, 5) is 24.5. The number of nitrogens with one attached hydrogen (secondary N) is 1. The molecule has 0 saturated carbocycles. The van der Waals surface area contributed by atoms with E-state index in [1.807, 2.05) is 0 Å². The maximum atomic E-state index is 14.2. The van der Waals surface area contributed by atoms with Crippen molar-refractivity contribution in [1.29, 1.82) is 0 Å². The third-order valence-electron chi connectivity index (χ3n) is 3.93. The normalized spacial score (nSPS) is 10.7. The van der Waals surface area contributed by atoms with Gasteiger partial charge in [-0.15, -0.1) is 11.3 Å². The van der Waals surface area contributed by atoms with Crippen molar-refractivity contribution in [2.75, 3.05) is 12.4 Å². The molecule has 1 amide bonds. The Morgan fingerprint density at radius 2 is 1.76 bits per heavy atom. The lowest BCUT2D eigenvalue weighted by Crippen LogP contribution is -2.18. The van der Waals surface area contributed by atoms with Gasteiger partial charge in [0.15, 0.2) is 11.6 Å². The predicted molar refractivity (Wildman–Crippen MR) is 105 cm³/mol. The molecule has 0 radical (unpaired) electrons. The van der Waals surface area contributed by atoms with Gasteiger partial charge in [0.25, 0.3) is 5.91 Å². The van der Waals surface area contributed by atoms with Crippen molar-refractivity contribution in [2.24, 2.45) is 0 Å². The number of halogens is 4. The summed E-state index contributed by atoms with van der Waals surface area (Å²) in [6, 6.07) is 7.30. The van der Waals surface area contributed by atoms with Crippen LogP contribution in [0.15, 0.2) is 40.2 Å². The quantitative estimate of drug-likeness (QED) is 0.464. The minimum atomic E-state index is -1.74. The zero-order chi connectivity index (χ0) is 21.3. The lowest BCUT2D eigenvalue weighted by molar-refractivity contribution is 0.0699. The SMILES string of the molecule is COc1cc(F)c(C(=O)Nc2csc(-c3ccc(Br)cc3)c2C(=O)O)c(F)c1F. The molecule has 1 heterocycles. The number of aromatic carboxylic acids is 1. The summed E-state index contributed by atoms with van der Waals surface area (Å²) >= 11 is 4.30. The van der Waals surface area contributed by atoms with Gasteiger partial charge in [-0.3, -0.25) is 4.79 Å². The van der Waals surface area contributed by atoms with Gasteiger partial charge in [-0.2, -0.15) is 4.39 Å². The van der Waals surface area contributed by atoms with Crippen LogP contribution in [0.4, 0.5) is 18.9 Å². The Kier molecular flexibility index (Phi) is 5.94. The number of hydrogen-bond donors (Lipinski definition) is 2. The molecule has 2 N–H and O–H groups in total. The maximum absolute atomic E-state index is 14.2. The fraction of sp³-hybridized carbons (Fsp3) is 0.0526. The highest BCUT2D eigenvalue weighted by molar-refractivity contribution is 9.10. The Labute approximate surface area is 174 Å². The average Bonchev–Trinajstić information content (AvgIpc) is 3.09. The Morgan fingerprint density at radius 1 is 1.10 bits per heavy atom. The molecule has 0 aliphatic heterocycles. The van der Waals surface area contributed by atoms with Crippen molar-refractivity contribution in [3.05, 3.63) is 68.8 Å². The lowest BCUT2D eigenvalue weighted by Gasteiger charge is -2.10. The number of rotatable bonds is 5. The van der Waals surface area contributed by atoms with Crippen molar-refractivity contribution < 1.29 is 32.6 Å². The van der Waals surface area contributed by atoms with E-state index in [1.165, 1.54) is 5.38 Å². The molecule has 3 rings (SSSR count).